The van der Waals surface area contributed by atoms with Crippen molar-refractivity contribution in [3.05, 3.63) is 179 Å². The zero-order chi connectivity index (χ0) is 56.9. The van der Waals surface area contributed by atoms with Crippen LogP contribution in [0.3, 0.4) is 0 Å². The van der Waals surface area contributed by atoms with Crippen molar-refractivity contribution < 1.29 is 46.6 Å². The first kappa shape index (κ1) is 55.1. The lowest BCUT2D eigenvalue weighted by atomic mass is 9.93. The summed E-state index contributed by atoms with van der Waals surface area (Å²) in [6.45, 7) is 6.89. The normalized spacial score (nSPS) is 17.0. The highest BCUT2D eigenvalue weighted by Gasteiger charge is 2.46. The molecule has 0 radical (unpaired) electrons. The second-order valence-electron chi connectivity index (χ2n) is 21.2. The molecule has 82 heavy (non-hydrogen) atoms. The van der Waals surface area contributed by atoms with E-state index in [1.54, 1.807) is 41.3 Å². The summed E-state index contributed by atoms with van der Waals surface area (Å²) in [4.78, 5) is 73.0. The number of likely N-dealkylation sites (N-methyl/N-ethyl adjacent to an activating group) is 1. The number of amides is 5. The Bertz CT molecular complexity index is 3730. The van der Waals surface area contributed by atoms with Gasteiger partial charge in [-0.15, -0.1) is 0 Å². The van der Waals surface area contributed by atoms with Crippen LogP contribution in [0.15, 0.2) is 157 Å². The fourth-order valence-corrected chi connectivity index (χ4v) is 12.1. The van der Waals surface area contributed by atoms with Crippen molar-refractivity contribution in [1.29, 1.82) is 0 Å². The molecule has 15 nitrogen and oxygen atoms in total. The number of piperidine rings is 3. The first-order chi connectivity index (χ1) is 39.8. The van der Waals surface area contributed by atoms with Gasteiger partial charge in [0.2, 0.25) is 11.8 Å². The van der Waals surface area contributed by atoms with E-state index in [-0.39, 0.29) is 36.2 Å². The van der Waals surface area contributed by atoms with E-state index in [0.717, 1.165) is 95.5 Å². The van der Waals surface area contributed by atoms with Crippen LogP contribution >= 0.6 is 0 Å². The summed E-state index contributed by atoms with van der Waals surface area (Å²) in [5.74, 6) is 7.56. The molecular weight excluding hydrogens is 1050 g/mol. The molecular formula is C66H63N5O10S. The number of carbonyl (C=O) groups is 5. The SMILES string of the molecule is CCN(CCOc1ccc(Oc2c(-c3ccc(S(C)(=O)=O)cc3)ccc3cc(OCc4ccccc4)ccc23)cc1)C(=O)c1ccc(C#CC2CCN(C3CCN(c4cccc5c4C(=O)N(C4CCC(=O)NC4=O)C5=O)CC3)CC2)cc1. The standard InChI is InChI=1S/C66H63N5O10S/c1-3-68(40-41-79-51-21-23-52(24-22-51)81-62-55(47-18-26-54(27-19-47)82(2,77)78)28-20-49-42-53(25-29-56(49)62)80-43-46-8-5-4-6-9-46)64(74)48-16-14-44(15-17-48)12-13-45-32-36-69(37-33-45)50-34-38-70(39-35-50)58-11-7-10-57-61(58)66(76)71(65(57)75)59-30-31-60(72)67-63(59)73/h4-11,14-29,42,45,50,59H,3,30-41,43H2,1-2H3,(H,67,72,73). The van der Waals surface area contributed by atoms with E-state index in [2.05, 4.69) is 27.0 Å². The second kappa shape index (κ2) is 24.1. The quantitative estimate of drug-likeness (QED) is 0.0718. The third-order valence-corrected chi connectivity index (χ3v) is 17.1. The molecule has 7 aromatic carbocycles. The molecule has 11 rings (SSSR count). The Hall–Kier alpha value is -8.78. The van der Waals surface area contributed by atoms with Crippen LogP contribution in [0.4, 0.5) is 5.69 Å². The van der Waals surface area contributed by atoms with Crippen LogP contribution in [-0.2, 0) is 26.0 Å². The highest BCUT2D eigenvalue weighted by molar-refractivity contribution is 7.90. The summed E-state index contributed by atoms with van der Waals surface area (Å²) in [7, 11) is -3.38. The van der Waals surface area contributed by atoms with Gasteiger partial charge in [-0.2, -0.15) is 0 Å². The highest BCUT2D eigenvalue weighted by atomic mass is 32.2. The summed E-state index contributed by atoms with van der Waals surface area (Å²) in [6, 6.07) is 46.1. The molecule has 0 spiro atoms. The molecule has 0 aliphatic carbocycles. The Morgan fingerprint density at radius 2 is 1.43 bits per heavy atom. The van der Waals surface area contributed by atoms with E-state index in [1.807, 2.05) is 122 Å². The largest absolute Gasteiger partial charge is 0.492 e. The van der Waals surface area contributed by atoms with Gasteiger partial charge in [0.15, 0.2) is 9.84 Å². The summed E-state index contributed by atoms with van der Waals surface area (Å²) in [5, 5.41) is 4.03. The van der Waals surface area contributed by atoms with Crippen LogP contribution in [0.5, 0.6) is 23.0 Å². The maximum atomic E-state index is 13.7. The zero-order valence-corrected chi connectivity index (χ0v) is 46.7. The van der Waals surface area contributed by atoms with E-state index in [4.69, 9.17) is 14.2 Å². The fourth-order valence-electron chi connectivity index (χ4n) is 11.4. The third kappa shape index (κ3) is 12.1. The van der Waals surface area contributed by atoms with E-state index in [0.29, 0.717) is 65.4 Å². The number of anilines is 1. The molecule has 0 bridgehead atoms. The van der Waals surface area contributed by atoms with Crippen molar-refractivity contribution in [1.82, 2.24) is 20.0 Å². The lowest BCUT2D eigenvalue weighted by Crippen LogP contribution is -2.54. The van der Waals surface area contributed by atoms with Gasteiger partial charge in [0.1, 0.15) is 42.3 Å². The molecule has 4 heterocycles. The summed E-state index contributed by atoms with van der Waals surface area (Å²) in [6.07, 6.45) is 5.14. The average molecular weight is 1120 g/mol. The molecule has 3 fully saturated rings. The molecule has 0 saturated carbocycles. The Morgan fingerprint density at radius 3 is 2.13 bits per heavy atom. The van der Waals surface area contributed by atoms with Gasteiger partial charge in [-0.25, -0.2) is 8.42 Å². The molecule has 418 valence electrons. The number of fused-ring (bicyclic) bond motifs is 2. The molecule has 4 aliphatic heterocycles. The van der Waals surface area contributed by atoms with Crippen molar-refractivity contribution in [3.8, 4) is 46.0 Å². The predicted octanol–water partition coefficient (Wildman–Crippen LogP) is 9.96. The number of hydrogen-bond acceptors (Lipinski definition) is 12. The maximum Gasteiger partial charge on any atom is 0.264 e. The van der Waals surface area contributed by atoms with Gasteiger partial charge < -0.3 is 28.9 Å². The van der Waals surface area contributed by atoms with Gasteiger partial charge in [-0.1, -0.05) is 66.4 Å². The molecule has 3 saturated heterocycles. The van der Waals surface area contributed by atoms with Gasteiger partial charge in [0.25, 0.3) is 17.7 Å². The zero-order valence-electron chi connectivity index (χ0n) is 45.8. The Kier molecular flexibility index (Phi) is 16.2. The average Bonchev–Trinajstić information content (AvgIpc) is 3.97. The lowest BCUT2D eigenvalue weighted by molar-refractivity contribution is -0.136. The van der Waals surface area contributed by atoms with Gasteiger partial charge in [-0.05, 0) is 166 Å². The van der Waals surface area contributed by atoms with Gasteiger partial charge in [0.05, 0.1) is 28.3 Å². The minimum absolute atomic E-state index is 0.0776. The topological polar surface area (TPSA) is 172 Å². The van der Waals surface area contributed by atoms with Crippen LogP contribution in [0.1, 0.15) is 87.6 Å². The number of benzene rings is 7. The van der Waals surface area contributed by atoms with Crippen molar-refractivity contribution in [3.63, 3.8) is 0 Å². The minimum atomic E-state index is -3.38. The molecule has 5 amide bonds. The van der Waals surface area contributed by atoms with Crippen molar-refractivity contribution in [2.45, 2.75) is 69.0 Å². The highest BCUT2D eigenvalue weighted by Crippen LogP contribution is 2.42. The van der Waals surface area contributed by atoms with E-state index in [9.17, 15) is 32.4 Å². The molecule has 7 aromatic rings. The summed E-state index contributed by atoms with van der Waals surface area (Å²) in [5.41, 5.74) is 5.44. The monoisotopic (exact) mass is 1120 g/mol. The number of sulfone groups is 1. The van der Waals surface area contributed by atoms with Crippen LogP contribution in [0, 0.1) is 17.8 Å². The number of rotatable bonds is 16. The smallest absolute Gasteiger partial charge is 0.264 e. The van der Waals surface area contributed by atoms with E-state index in [1.165, 1.54) is 6.26 Å². The fraction of sp³-hybridized carbons (Fsp3) is 0.288. The Labute approximate surface area is 477 Å². The van der Waals surface area contributed by atoms with Gasteiger partial charge >= 0.3 is 0 Å². The molecule has 1 N–H and O–H groups in total. The van der Waals surface area contributed by atoms with Crippen LogP contribution in [0.25, 0.3) is 21.9 Å². The Morgan fingerprint density at radius 1 is 0.707 bits per heavy atom. The molecule has 4 aliphatic rings. The van der Waals surface area contributed by atoms with Crippen molar-refractivity contribution in [2.75, 3.05) is 57.0 Å². The molecule has 0 aromatic heterocycles. The van der Waals surface area contributed by atoms with Gasteiger partial charge in [0, 0.05) is 66.3 Å². The number of hydrogen-bond donors (Lipinski definition) is 1. The minimum Gasteiger partial charge on any atom is -0.492 e. The summed E-state index contributed by atoms with van der Waals surface area (Å²) < 4.78 is 43.5. The Balaban J connectivity index is 0.651. The predicted molar refractivity (Wildman–Crippen MR) is 313 cm³/mol. The number of ether oxygens (including phenoxy) is 3. The van der Waals surface area contributed by atoms with Crippen molar-refractivity contribution in [2.24, 2.45) is 5.92 Å². The van der Waals surface area contributed by atoms with Gasteiger partial charge in [-0.3, -0.25) is 34.2 Å². The molecule has 16 heteroatoms. The third-order valence-electron chi connectivity index (χ3n) is 16.0. The molecule has 1 unspecified atom stereocenters. The molecule has 1 atom stereocenters. The first-order valence-electron chi connectivity index (χ1n) is 28.0. The van der Waals surface area contributed by atoms with Crippen LogP contribution < -0.4 is 24.4 Å². The number of nitrogens with one attached hydrogen (secondary N) is 1. The second-order valence-corrected chi connectivity index (χ2v) is 23.2. The van der Waals surface area contributed by atoms with E-state index >= 15 is 0 Å². The number of carbonyl (C=O) groups excluding carboxylic acids is 5. The number of imide groups is 2. The van der Waals surface area contributed by atoms with Crippen molar-refractivity contribution >= 4 is 55.8 Å². The number of nitrogens with zero attached hydrogens (tertiary/aromatic N) is 4. The van der Waals surface area contributed by atoms with E-state index < -0.39 is 39.5 Å². The maximum absolute atomic E-state index is 13.7. The van der Waals surface area contributed by atoms with Crippen LogP contribution in [-0.4, -0.2) is 117 Å². The lowest BCUT2D eigenvalue weighted by Gasteiger charge is -2.42. The first-order valence-corrected chi connectivity index (χ1v) is 29.9. The van der Waals surface area contributed by atoms with Crippen LogP contribution in [0.2, 0.25) is 0 Å². The number of likely N-dealkylation sites (tertiary alicyclic amines) is 1. The summed E-state index contributed by atoms with van der Waals surface area (Å²) >= 11 is 0.